The number of nitrogens with zero attached hydrogens (tertiary/aromatic N) is 4. The summed E-state index contributed by atoms with van der Waals surface area (Å²) >= 11 is 1.37. The summed E-state index contributed by atoms with van der Waals surface area (Å²) in [6.07, 6.45) is 0. The second-order valence-electron chi connectivity index (χ2n) is 6.42. The molecule has 2 aromatic carbocycles. The fraction of sp³-hybridized carbons (Fsp3) is 0.200. The van der Waals surface area contributed by atoms with Gasteiger partial charge < -0.3 is 8.94 Å². The Kier molecular flexibility index (Phi) is 4.77. The summed E-state index contributed by atoms with van der Waals surface area (Å²) < 4.78 is 11.1. The largest absolute Gasteiger partial charge is 0.411 e. The Labute approximate surface area is 161 Å². The van der Waals surface area contributed by atoms with Crippen LogP contribution in [-0.4, -0.2) is 20.3 Å². The zero-order valence-electron chi connectivity index (χ0n) is 15.3. The SMILES string of the molecule is Cc1ccc(-c2noc(CSc3nnc(-c4cc(C)cc(C)c4)o3)n2)cc1. The van der Waals surface area contributed by atoms with Crippen LogP contribution in [0.2, 0.25) is 0 Å². The number of rotatable bonds is 5. The van der Waals surface area contributed by atoms with E-state index >= 15 is 0 Å². The minimum absolute atomic E-state index is 0.466. The summed E-state index contributed by atoms with van der Waals surface area (Å²) in [6, 6.07) is 14.2. The maximum absolute atomic E-state index is 5.76. The van der Waals surface area contributed by atoms with Crippen LogP contribution >= 0.6 is 11.8 Å². The van der Waals surface area contributed by atoms with Crippen molar-refractivity contribution in [1.29, 1.82) is 0 Å². The molecule has 0 saturated heterocycles. The van der Waals surface area contributed by atoms with E-state index in [2.05, 4.69) is 26.4 Å². The minimum Gasteiger partial charge on any atom is -0.411 e. The molecule has 0 saturated carbocycles. The van der Waals surface area contributed by atoms with Crippen molar-refractivity contribution >= 4 is 11.8 Å². The lowest BCUT2D eigenvalue weighted by Gasteiger charge is -1.99. The number of hydrogen-bond acceptors (Lipinski definition) is 7. The summed E-state index contributed by atoms with van der Waals surface area (Å²) in [5.74, 6) is 2.07. The molecule has 0 aliphatic heterocycles. The summed E-state index contributed by atoms with van der Waals surface area (Å²) in [4.78, 5) is 4.42. The Hall–Kier alpha value is -2.93. The van der Waals surface area contributed by atoms with Crippen LogP contribution < -0.4 is 0 Å². The van der Waals surface area contributed by atoms with Gasteiger partial charge in [0.1, 0.15) is 0 Å². The van der Waals surface area contributed by atoms with E-state index in [1.54, 1.807) is 0 Å². The number of benzene rings is 2. The van der Waals surface area contributed by atoms with Gasteiger partial charge in [-0.3, -0.25) is 0 Å². The van der Waals surface area contributed by atoms with Crippen LogP contribution in [0, 0.1) is 20.8 Å². The third kappa shape index (κ3) is 4.09. The molecule has 0 amide bonds. The van der Waals surface area contributed by atoms with Crippen molar-refractivity contribution in [3.8, 4) is 22.8 Å². The normalized spacial score (nSPS) is 11.1. The van der Waals surface area contributed by atoms with Gasteiger partial charge in [-0.1, -0.05) is 63.9 Å². The van der Waals surface area contributed by atoms with Gasteiger partial charge in [0.25, 0.3) is 5.22 Å². The molecule has 27 heavy (non-hydrogen) atoms. The van der Waals surface area contributed by atoms with Crippen molar-refractivity contribution in [2.75, 3.05) is 0 Å². The standard InChI is InChI=1S/C20H18N4O2S/c1-12-4-6-15(7-5-12)18-21-17(26-24-18)11-27-20-23-22-19(25-20)16-9-13(2)8-14(3)10-16/h4-10H,11H2,1-3H3. The van der Waals surface area contributed by atoms with Gasteiger partial charge in [-0.05, 0) is 32.9 Å². The number of aromatic nitrogens is 4. The third-order valence-electron chi connectivity index (χ3n) is 3.97. The Bertz CT molecular complexity index is 1050. The van der Waals surface area contributed by atoms with Crippen LogP contribution in [0.3, 0.4) is 0 Å². The lowest BCUT2D eigenvalue weighted by molar-refractivity contribution is 0.391. The quantitative estimate of drug-likeness (QED) is 0.452. The Morgan fingerprint density at radius 2 is 1.59 bits per heavy atom. The molecule has 0 spiro atoms. The lowest BCUT2D eigenvalue weighted by atomic mass is 10.1. The molecular weight excluding hydrogens is 360 g/mol. The third-order valence-corrected chi connectivity index (χ3v) is 4.78. The number of thioether (sulfide) groups is 1. The first-order valence-electron chi connectivity index (χ1n) is 8.51. The predicted octanol–water partition coefficient (Wildman–Crippen LogP) is 5.00. The van der Waals surface area contributed by atoms with Crippen LogP contribution in [-0.2, 0) is 5.75 Å². The van der Waals surface area contributed by atoms with Gasteiger partial charge in [0.05, 0.1) is 5.75 Å². The lowest BCUT2D eigenvalue weighted by Crippen LogP contribution is -1.83. The average Bonchev–Trinajstić information content (AvgIpc) is 3.29. The maximum atomic E-state index is 5.76. The second kappa shape index (κ2) is 7.36. The molecule has 0 fully saturated rings. The van der Waals surface area contributed by atoms with Crippen molar-refractivity contribution < 1.29 is 8.94 Å². The number of hydrogen-bond donors (Lipinski definition) is 0. The van der Waals surface area contributed by atoms with Crippen LogP contribution in [0.15, 0.2) is 56.6 Å². The molecule has 2 heterocycles. The zero-order chi connectivity index (χ0) is 18.8. The van der Waals surface area contributed by atoms with Gasteiger partial charge in [0.2, 0.25) is 17.6 Å². The first-order chi connectivity index (χ1) is 13.1. The van der Waals surface area contributed by atoms with Crippen LogP contribution in [0.5, 0.6) is 0 Å². The Morgan fingerprint density at radius 3 is 2.33 bits per heavy atom. The van der Waals surface area contributed by atoms with Crippen molar-refractivity contribution in [3.63, 3.8) is 0 Å². The Morgan fingerprint density at radius 1 is 0.852 bits per heavy atom. The maximum Gasteiger partial charge on any atom is 0.277 e. The van der Waals surface area contributed by atoms with Gasteiger partial charge in [0, 0.05) is 11.1 Å². The highest BCUT2D eigenvalue weighted by atomic mass is 32.2. The van der Waals surface area contributed by atoms with E-state index in [9.17, 15) is 0 Å². The van der Waals surface area contributed by atoms with E-state index in [1.807, 2.05) is 57.2 Å². The minimum atomic E-state index is 0.466. The Balaban J connectivity index is 1.44. The summed E-state index contributed by atoms with van der Waals surface area (Å²) in [7, 11) is 0. The summed E-state index contributed by atoms with van der Waals surface area (Å²) in [5, 5.41) is 12.7. The molecule has 4 rings (SSSR count). The van der Waals surface area contributed by atoms with E-state index in [0.29, 0.717) is 28.6 Å². The molecule has 0 unspecified atom stereocenters. The number of aryl methyl sites for hydroxylation is 3. The van der Waals surface area contributed by atoms with E-state index in [1.165, 1.54) is 17.3 Å². The van der Waals surface area contributed by atoms with Crippen molar-refractivity contribution in [2.24, 2.45) is 0 Å². The molecule has 0 bridgehead atoms. The van der Waals surface area contributed by atoms with Crippen molar-refractivity contribution in [2.45, 2.75) is 31.7 Å². The van der Waals surface area contributed by atoms with Crippen LogP contribution in [0.4, 0.5) is 0 Å². The topological polar surface area (TPSA) is 77.8 Å². The molecule has 0 radical (unpaired) electrons. The van der Waals surface area contributed by atoms with Crippen LogP contribution in [0.1, 0.15) is 22.6 Å². The van der Waals surface area contributed by atoms with E-state index in [4.69, 9.17) is 8.94 Å². The fourth-order valence-corrected chi connectivity index (χ4v) is 3.34. The highest BCUT2D eigenvalue weighted by molar-refractivity contribution is 7.98. The molecule has 6 nitrogen and oxygen atoms in total. The van der Waals surface area contributed by atoms with E-state index in [0.717, 1.165) is 22.3 Å². The molecular formula is C20H18N4O2S. The molecule has 2 aromatic heterocycles. The monoisotopic (exact) mass is 378 g/mol. The van der Waals surface area contributed by atoms with Crippen molar-refractivity contribution in [1.82, 2.24) is 20.3 Å². The zero-order valence-corrected chi connectivity index (χ0v) is 16.1. The van der Waals surface area contributed by atoms with E-state index in [-0.39, 0.29) is 0 Å². The van der Waals surface area contributed by atoms with E-state index < -0.39 is 0 Å². The second-order valence-corrected chi connectivity index (χ2v) is 7.34. The first-order valence-corrected chi connectivity index (χ1v) is 9.50. The van der Waals surface area contributed by atoms with Gasteiger partial charge >= 0.3 is 0 Å². The fourth-order valence-electron chi connectivity index (χ4n) is 2.74. The van der Waals surface area contributed by atoms with Gasteiger partial charge in [-0.25, -0.2) is 0 Å². The van der Waals surface area contributed by atoms with Gasteiger partial charge in [-0.2, -0.15) is 4.98 Å². The molecule has 0 atom stereocenters. The molecule has 136 valence electrons. The summed E-state index contributed by atoms with van der Waals surface area (Å²) in [5.41, 5.74) is 5.36. The molecule has 4 aromatic rings. The summed E-state index contributed by atoms with van der Waals surface area (Å²) in [6.45, 7) is 6.13. The van der Waals surface area contributed by atoms with Crippen molar-refractivity contribution in [3.05, 3.63) is 65.0 Å². The van der Waals surface area contributed by atoms with Crippen LogP contribution in [0.25, 0.3) is 22.8 Å². The first kappa shape index (κ1) is 17.5. The average molecular weight is 378 g/mol. The smallest absolute Gasteiger partial charge is 0.277 e. The molecule has 7 heteroatoms. The van der Waals surface area contributed by atoms with Gasteiger partial charge in [-0.15, -0.1) is 10.2 Å². The highest BCUT2D eigenvalue weighted by Crippen LogP contribution is 2.27. The molecule has 0 aliphatic carbocycles. The molecule has 0 aliphatic rings. The highest BCUT2D eigenvalue weighted by Gasteiger charge is 2.13. The predicted molar refractivity (Wildman–Crippen MR) is 103 cm³/mol. The van der Waals surface area contributed by atoms with Gasteiger partial charge in [0.15, 0.2) is 0 Å². The molecule has 0 N–H and O–H groups in total.